The first-order chi connectivity index (χ1) is 16.5. The summed E-state index contributed by atoms with van der Waals surface area (Å²) in [7, 11) is 5.28. The lowest BCUT2D eigenvalue weighted by atomic mass is 10.0. The SMILES string of the molecule is CCc1nc(-c2ccccc2)nc(N2CCN(C(=O)N(C)C)CC2)c1Cc1cccc(OC)c1. The molecule has 1 aliphatic heterocycles. The zero-order chi connectivity index (χ0) is 24.1. The average molecular weight is 460 g/mol. The van der Waals surface area contributed by atoms with Crippen LogP contribution in [0.3, 0.4) is 0 Å². The van der Waals surface area contributed by atoms with E-state index in [2.05, 4.69) is 24.0 Å². The highest BCUT2D eigenvalue weighted by Crippen LogP contribution is 2.29. The van der Waals surface area contributed by atoms with Gasteiger partial charge in [-0.3, -0.25) is 0 Å². The fourth-order valence-electron chi connectivity index (χ4n) is 4.35. The van der Waals surface area contributed by atoms with Crippen LogP contribution in [0.1, 0.15) is 23.7 Å². The van der Waals surface area contributed by atoms with E-state index in [0.717, 1.165) is 65.7 Å². The Morgan fingerprint density at radius 2 is 1.74 bits per heavy atom. The van der Waals surface area contributed by atoms with Gasteiger partial charge in [-0.2, -0.15) is 0 Å². The van der Waals surface area contributed by atoms with Crippen LogP contribution in [0.2, 0.25) is 0 Å². The highest BCUT2D eigenvalue weighted by atomic mass is 16.5. The Hall–Kier alpha value is -3.61. The third kappa shape index (κ3) is 5.14. The molecule has 1 aromatic heterocycles. The van der Waals surface area contributed by atoms with Crippen molar-refractivity contribution in [1.82, 2.24) is 19.8 Å². The predicted octanol–water partition coefficient (Wildman–Crippen LogP) is 4.11. The molecule has 2 amide bonds. The molecule has 7 nitrogen and oxygen atoms in total. The second-order valence-electron chi connectivity index (χ2n) is 8.70. The number of hydrogen-bond donors (Lipinski definition) is 0. The van der Waals surface area contributed by atoms with Gasteiger partial charge in [0.2, 0.25) is 0 Å². The molecule has 0 atom stereocenters. The molecule has 1 fully saturated rings. The van der Waals surface area contributed by atoms with Gasteiger partial charge in [-0.1, -0.05) is 49.4 Å². The second-order valence-corrected chi connectivity index (χ2v) is 8.70. The van der Waals surface area contributed by atoms with E-state index in [9.17, 15) is 4.79 Å². The number of aryl methyl sites for hydroxylation is 1. The molecular formula is C27H33N5O2. The summed E-state index contributed by atoms with van der Waals surface area (Å²) in [5, 5.41) is 0. The van der Waals surface area contributed by atoms with E-state index in [1.54, 1.807) is 26.1 Å². The Morgan fingerprint density at radius 1 is 1.00 bits per heavy atom. The van der Waals surface area contributed by atoms with Crippen molar-refractivity contribution >= 4 is 11.8 Å². The first kappa shape index (κ1) is 23.5. The lowest BCUT2D eigenvalue weighted by Crippen LogP contribution is -2.52. The number of urea groups is 1. The zero-order valence-electron chi connectivity index (χ0n) is 20.5. The van der Waals surface area contributed by atoms with Crippen molar-refractivity contribution in [2.45, 2.75) is 19.8 Å². The minimum absolute atomic E-state index is 0.0539. The molecule has 2 heterocycles. The number of carbonyl (C=O) groups is 1. The van der Waals surface area contributed by atoms with Crippen molar-refractivity contribution in [2.75, 3.05) is 52.3 Å². The summed E-state index contributed by atoms with van der Waals surface area (Å²) in [6, 6.07) is 18.3. The summed E-state index contributed by atoms with van der Waals surface area (Å²) in [5.74, 6) is 2.55. The van der Waals surface area contributed by atoms with Gasteiger partial charge in [0.25, 0.3) is 0 Å². The van der Waals surface area contributed by atoms with Gasteiger partial charge in [-0.25, -0.2) is 14.8 Å². The number of methoxy groups -OCH3 is 1. The molecule has 178 valence electrons. The van der Waals surface area contributed by atoms with Crippen LogP contribution in [0.4, 0.5) is 10.6 Å². The Morgan fingerprint density at radius 3 is 2.38 bits per heavy atom. The van der Waals surface area contributed by atoms with Gasteiger partial charge in [0.05, 0.1) is 7.11 Å². The van der Waals surface area contributed by atoms with Crippen molar-refractivity contribution < 1.29 is 9.53 Å². The molecule has 0 unspecified atom stereocenters. The molecule has 0 bridgehead atoms. The van der Waals surface area contributed by atoms with Gasteiger partial charge in [0.1, 0.15) is 11.6 Å². The van der Waals surface area contributed by atoms with Crippen molar-refractivity contribution in [3.05, 3.63) is 71.4 Å². The van der Waals surface area contributed by atoms with Crippen LogP contribution >= 0.6 is 0 Å². The summed E-state index contributed by atoms with van der Waals surface area (Å²) in [5.41, 5.74) is 4.36. The first-order valence-corrected chi connectivity index (χ1v) is 11.8. The fraction of sp³-hybridized carbons (Fsp3) is 0.370. The van der Waals surface area contributed by atoms with E-state index in [4.69, 9.17) is 14.7 Å². The third-order valence-corrected chi connectivity index (χ3v) is 6.19. The van der Waals surface area contributed by atoms with Gasteiger partial charge in [-0.15, -0.1) is 0 Å². The van der Waals surface area contributed by atoms with Gasteiger partial charge >= 0.3 is 6.03 Å². The van der Waals surface area contributed by atoms with E-state index in [1.165, 1.54) is 0 Å². The van der Waals surface area contributed by atoms with Crippen LogP contribution in [-0.4, -0.2) is 73.2 Å². The molecule has 0 saturated carbocycles. The largest absolute Gasteiger partial charge is 0.497 e. The van der Waals surface area contributed by atoms with Crippen LogP contribution in [0.5, 0.6) is 5.75 Å². The van der Waals surface area contributed by atoms with Crippen LogP contribution in [0, 0.1) is 0 Å². The number of piperazine rings is 1. The van der Waals surface area contributed by atoms with Crippen molar-refractivity contribution in [1.29, 1.82) is 0 Å². The van der Waals surface area contributed by atoms with Crippen LogP contribution in [-0.2, 0) is 12.8 Å². The first-order valence-electron chi connectivity index (χ1n) is 11.8. The van der Waals surface area contributed by atoms with Gasteiger partial charge in [0, 0.05) is 63.5 Å². The van der Waals surface area contributed by atoms with Gasteiger partial charge in [-0.05, 0) is 24.1 Å². The van der Waals surface area contributed by atoms with Crippen molar-refractivity contribution in [3.63, 3.8) is 0 Å². The molecule has 2 aromatic carbocycles. The molecule has 0 spiro atoms. The molecule has 0 aliphatic carbocycles. The molecule has 7 heteroatoms. The summed E-state index contributed by atoms with van der Waals surface area (Å²) < 4.78 is 5.44. The molecule has 4 rings (SSSR count). The third-order valence-electron chi connectivity index (χ3n) is 6.19. The maximum absolute atomic E-state index is 12.4. The van der Waals surface area contributed by atoms with E-state index in [0.29, 0.717) is 13.1 Å². The second kappa shape index (κ2) is 10.5. The maximum atomic E-state index is 12.4. The normalized spacial score (nSPS) is 13.6. The standard InChI is InChI=1S/C27H33N5O2/c1-5-24-23(19-20-10-9-13-22(18-20)34-4)26(29-25(28-24)21-11-7-6-8-12-21)31-14-16-32(17-15-31)27(33)30(2)3/h6-13,18H,5,14-17,19H2,1-4H3. The Balaban J connectivity index is 1.73. The minimum Gasteiger partial charge on any atom is -0.497 e. The number of carbonyl (C=O) groups excluding carboxylic acids is 1. The molecule has 1 aliphatic rings. The highest BCUT2D eigenvalue weighted by Gasteiger charge is 2.26. The fourth-order valence-corrected chi connectivity index (χ4v) is 4.35. The lowest BCUT2D eigenvalue weighted by Gasteiger charge is -2.37. The van der Waals surface area contributed by atoms with Crippen LogP contribution in [0.15, 0.2) is 54.6 Å². The van der Waals surface area contributed by atoms with E-state index >= 15 is 0 Å². The molecular weight excluding hydrogens is 426 g/mol. The number of rotatable bonds is 6. The van der Waals surface area contributed by atoms with Crippen molar-refractivity contribution in [2.24, 2.45) is 0 Å². The molecule has 0 N–H and O–H groups in total. The van der Waals surface area contributed by atoms with E-state index in [1.807, 2.05) is 47.4 Å². The van der Waals surface area contributed by atoms with E-state index < -0.39 is 0 Å². The molecule has 1 saturated heterocycles. The number of nitrogens with zero attached hydrogens (tertiary/aromatic N) is 5. The number of anilines is 1. The van der Waals surface area contributed by atoms with Gasteiger partial charge in [0.15, 0.2) is 5.82 Å². The van der Waals surface area contributed by atoms with Gasteiger partial charge < -0.3 is 19.4 Å². The maximum Gasteiger partial charge on any atom is 0.319 e. The number of amides is 2. The number of aromatic nitrogens is 2. The summed E-state index contributed by atoms with van der Waals surface area (Å²) in [4.78, 5) is 28.4. The van der Waals surface area contributed by atoms with Crippen LogP contribution in [0.25, 0.3) is 11.4 Å². The van der Waals surface area contributed by atoms with Crippen molar-refractivity contribution in [3.8, 4) is 17.1 Å². The Kier molecular flexibility index (Phi) is 7.30. The number of hydrogen-bond acceptors (Lipinski definition) is 5. The summed E-state index contributed by atoms with van der Waals surface area (Å²) in [6.45, 7) is 4.95. The topological polar surface area (TPSA) is 61.8 Å². The molecule has 0 radical (unpaired) electrons. The van der Waals surface area contributed by atoms with Crippen LogP contribution < -0.4 is 9.64 Å². The lowest BCUT2D eigenvalue weighted by molar-refractivity contribution is 0.168. The monoisotopic (exact) mass is 459 g/mol. The highest BCUT2D eigenvalue weighted by molar-refractivity contribution is 5.74. The molecule has 3 aromatic rings. The predicted molar refractivity (Wildman–Crippen MR) is 136 cm³/mol. The Labute approximate surface area is 202 Å². The molecule has 34 heavy (non-hydrogen) atoms. The van der Waals surface area contributed by atoms with E-state index in [-0.39, 0.29) is 6.03 Å². The average Bonchev–Trinajstić information content (AvgIpc) is 2.89. The number of benzene rings is 2. The Bertz CT molecular complexity index is 1130. The minimum atomic E-state index is 0.0539. The quantitative estimate of drug-likeness (QED) is 0.555. The smallest absolute Gasteiger partial charge is 0.319 e. The summed E-state index contributed by atoms with van der Waals surface area (Å²) in [6.07, 6.45) is 1.54. The zero-order valence-corrected chi connectivity index (χ0v) is 20.5. The number of ether oxygens (including phenoxy) is 1. The summed E-state index contributed by atoms with van der Waals surface area (Å²) >= 11 is 0.